The van der Waals surface area contributed by atoms with Crippen molar-refractivity contribution in [2.45, 2.75) is 18.9 Å². The molecule has 0 bridgehead atoms. The van der Waals surface area contributed by atoms with Crippen LogP contribution in [-0.2, 0) is 9.59 Å². The van der Waals surface area contributed by atoms with Gasteiger partial charge in [0.2, 0.25) is 0 Å². The van der Waals surface area contributed by atoms with E-state index in [1.54, 1.807) is 0 Å². The Morgan fingerprint density at radius 3 is 2.59 bits per heavy atom. The zero-order valence-electron chi connectivity index (χ0n) is 8.71. The number of aromatic amines is 1. The summed E-state index contributed by atoms with van der Waals surface area (Å²) in [6.45, 7) is 0. The summed E-state index contributed by atoms with van der Waals surface area (Å²) in [6.07, 6.45) is 2.01. The first-order valence-corrected chi connectivity index (χ1v) is 4.74. The van der Waals surface area contributed by atoms with E-state index in [4.69, 9.17) is 10.2 Å². The lowest BCUT2D eigenvalue weighted by Gasteiger charge is -2.12. The molecule has 4 N–H and O–H groups in total. The van der Waals surface area contributed by atoms with Crippen LogP contribution < -0.4 is 5.32 Å². The van der Waals surface area contributed by atoms with Crippen molar-refractivity contribution in [2.75, 3.05) is 0 Å². The number of imidazole rings is 1. The maximum absolute atomic E-state index is 11.5. The van der Waals surface area contributed by atoms with Crippen LogP contribution in [0.3, 0.4) is 0 Å². The number of aliphatic carboxylic acids is 2. The zero-order valence-corrected chi connectivity index (χ0v) is 8.71. The molecule has 8 heteroatoms. The number of aromatic nitrogens is 2. The molecule has 0 aliphatic carbocycles. The lowest BCUT2D eigenvalue weighted by Crippen LogP contribution is -2.41. The number of carbonyl (C=O) groups is 3. The second kappa shape index (κ2) is 5.64. The average Bonchev–Trinajstić information content (AvgIpc) is 2.76. The lowest BCUT2D eigenvalue weighted by molar-refractivity contribution is -0.140. The minimum Gasteiger partial charge on any atom is -0.481 e. The fourth-order valence-electron chi connectivity index (χ4n) is 1.14. The SMILES string of the molecule is O=C(O)CCC(NC(=O)c1cnc[nH]1)C(=O)O. The molecule has 0 saturated heterocycles. The Bertz CT molecular complexity index is 414. The number of H-pyrrole nitrogens is 1. The van der Waals surface area contributed by atoms with Gasteiger partial charge in [0.15, 0.2) is 0 Å². The molecule has 1 rings (SSSR count). The van der Waals surface area contributed by atoms with Gasteiger partial charge in [-0.25, -0.2) is 9.78 Å². The van der Waals surface area contributed by atoms with Crippen molar-refractivity contribution in [2.24, 2.45) is 0 Å². The van der Waals surface area contributed by atoms with E-state index in [9.17, 15) is 14.4 Å². The molecule has 0 aromatic carbocycles. The topological polar surface area (TPSA) is 132 Å². The van der Waals surface area contributed by atoms with Crippen LogP contribution in [0.5, 0.6) is 0 Å². The molecule has 1 heterocycles. The number of nitrogens with one attached hydrogen (secondary N) is 2. The fourth-order valence-corrected chi connectivity index (χ4v) is 1.14. The molecular weight excluding hydrogens is 230 g/mol. The molecule has 0 saturated carbocycles. The van der Waals surface area contributed by atoms with E-state index in [0.717, 1.165) is 0 Å². The number of amides is 1. The summed E-state index contributed by atoms with van der Waals surface area (Å²) in [5.41, 5.74) is 0.117. The summed E-state index contributed by atoms with van der Waals surface area (Å²) in [6, 6.07) is -1.23. The molecule has 92 valence electrons. The number of carboxylic acids is 2. The first-order chi connectivity index (χ1) is 8.00. The quantitative estimate of drug-likeness (QED) is 0.528. The van der Waals surface area contributed by atoms with Gasteiger partial charge >= 0.3 is 11.9 Å². The Balaban J connectivity index is 2.58. The lowest BCUT2D eigenvalue weighted by atomic mass is 10.1. The normalized spacial score (nSPS) is 11.8. The van der Waals surface area contributed by atoms with E-state index < -0.39 is 23.9 Å². The van der Waals surface area contributed by atoms with Crippen LogP contribution in [0.1, 0.15) is 23.3 Å². The molecule has 1 unspecified atom stereocenters. The van der Waals surface area contributed by atoms with Gasteiger partial charge < -0.3 is 20.5 Å². The molecule has 1 aromatic heterocycles. The Hall–Kier alpha value is -2.38. The summed E-state index contributed by atoms with van der Waals surface area (Å²) in [4.78, 5) is 38.7. The van der Waals surface area contributed by atoms with Crippen molar-refractivity contribution in [1.29, 1.82) is 0 Å². The number of rotatable bonds is 6. The Labute approximate surface area is 95.7 Å². The van der Waals surface area contributed by atoms with Crippen LogP contribution in [0.4, 0.5) is 0 Å². The van der Waals surface area contributed by atoms with E-state index in [1.165, 1.54) is 12.5 Å². The molecule has 0 fully saturated rings. The highest BCUT2D eigenvalue weighted by molar-refractivity contribution is 5.94. The molecular formula is C9H11N3O5. The first kappa shape index (κ1) is 12.7. The second-order valence-corrected chi connectivity index (χ2v) is 3.26. The second-order valence-electron chi connectivity index (χ2n) is 3.26. The summed E-state index contributed by atoms with van der Waals surface area (Å²) >= 11 is 0. The van der Waals surface area contributed by atoms with Gasteiger partial charge in [-0.3, -0.25) is 9.59 Å². The molecule has 0 radical (unpaired) electrons. The number of carboxylic acid groups (broad SMARTS) is 2. The molecule has 8 nitrogen and oxygen atoms in total. The third kappa shape index (κ3) is 3.93. The predicted molar refractivity (Wildman–Crippen MR) is 54.3 cm³/mol. The van der Waals surface area contributed by atoms with Crippen LogP contribution in [0, 0.1) is 0 Å². The average molecular weight is 241 g/mol. The molecule has 1 amide bonds. The van der Waals surface area contributed by atoms with Gasteiger partial charge in [0.1, 0.15) is 11.7 Å². The molecule has 1 atom stereocenters. The summed E-state index contributed by atoms with van der Waals surface area (Å²) in [7, 11) is 0. The smallest absolute Gasteiger partial charge is 0.326 e. The monoisotopic (exact) mass is 241 g/mol. The van der Waals surface area contributed by atoms with Gasteiger partial charge in [0, 0.05) is 6.42 Å². The minimum absolute atomic E-state index is 0.117. The van der Waals surface area contributed by atoms with Gasteiger partial charge in [-0.2, -0.15) is 0 Å². The van der Waals surface area contributed by atoms with Crippen LogP contribution in [0.15, 0.2) is 12.5 Å². The van der Waals surface area contributed by atoms with Crippen LogP contribution in [-0.4, -0.2) is 44.1 Å². The van der Waals surface area contributed by atoms with Crippen molar-refractivity contribution < 1.29 is 24.6 Å². The predicted octanol–water partition coefficient (Wildman–Crippen LogP) is -0.542. The van der Waals surface area contributed by atoms with Crippen molar-refractivity contribution >= 4 is 17.8 Å². The van der Waals surface area contributed by atoms with E-state index >= 15 is 0 Å². The van der Waals surface area contributed by atoms with Crippen LogP contribution in [0.2, 0.25) is 0 Å². The fraction of sp³-hybridized carbons (Fsp3) is 0.333. The van der Waals surface area contributed by atoms with E-state index in [-0.39, 0.29) is 18.5 Å². The maximum atomic E-state index is 11.5. The van der Waals surface area contributed by atoms with Gasteiger partial charge in [-0.05, 0) is 6.42 Å². The Morgan fingerprint density at radius 1 is 1.41 bits per heavy atom. The highest BCUT2D eigenvalue weighted by Crippen LogP contribution is 2.00. The molecule has 0 aliphatic heterocycles. The van der Waals surface area contributed by atoms with Crippen molar-refractivity contribution in [1.82, 2.24) is 15.3 Å². The molecule has 0 spiro atoms. The first-order valence-electron chi connectivity index (χ1n) is 4.74. The number of hydrogen-bond donors (Lipinski definition) is 4. The minimum atomic E-state index is -1.28. The van der Waals surface area contributed by atoms with Crippen molar-refractivity contribution in [3.8, 4) is 0 Å². The van der Waals surface area contributed by atoms with Crippen molar-refractivity contribution in [3.05, 3.63) is 18.2 Å². The highest BCUT2D eigenvalue weighted by Gasteiger charge is 2.21. The third-order valence-corrected chi connectivity index (χ3v) is 1.99. The summed E-state index contributed by atoms with van der Waals surface area (Å²) in [5.74, 6) is -3.04. The molecule has 1 aromatic rings. The van der Waals surface area contributed by atoms with Crippen LogP contribution in [0.25, 0.3) is 0 Å². The van der Waals surface area contributed by atoms with Gasteiger partial charge in [0.05, 0.1) is 12.5 Å². The number of nitrogens with zero attached hydrogens (tertiary/aromatic N) is 1. The molecule has 17 heavy (non-hydrogen) atoms. The number of hydrogen-bond acceptors (Lipinski definition) is 4. The largest absolute Gasteiger partial charge is 0.481 e. The van der Waals surface area contributed by atoms with Gasteiger partial charge in [0.25, 0.3) is 5.91 Å². The highest BCUT2D eigenvalue weighted by atomic mass is 16.4. The van der Waals surface area contributed by atoms with Crippen molar-refractivity contribution in [3.63, 3.8) is 0 Å². The standard InChI is InChI=1S/C9H11N3O5/c13-7(14)2-1-5(9(16)17)12-8(15)6-3-10-4-11-6/h3-5H,1-2H2,(H,10,11)(H,12,15)(H,13,14)(H,16,17). The summed E-state index contributed by atoms with van der Waals surface area (Å²) in [5, 5.41) is 19.4. The molecule has 0 aliphatic rings. The zero-order chi connectivity index (χ0) is 12.8. The number of carbonyl (C=O) groups excluding carboxylic acids is 1. The van der Waals surface area contributed by atoms with E-state index in [0.29, 0.717) is 0 Å². The van der Waals surface area contributed by atoms with Crippen LogP contribution >= 0.6 is 0 Å². The van der Waals surface area contributed by atoms with Gasteiger partial charge in [-0.15, -0.1) is 0 Å². The summed E-state index contributed by atoms with van der Waals surface area (Å²) < 4.78 is 0. The van der Waals surface area contributed by atoms with Gasteiger partial charge in [-0.1, -0.05) is 0 Å². The van der Waals surface area contributed by atoms with E-state index in [2.05, 4.69) is 15.3 Å². The third-order valence-electron chi connectivity index (χ3n) is 1.99. The Kier molecular flexibility index (Phi) is 4.21. The maximum Gasteiger partial charge on any atom is 0.326 e. The van der Waals surface area contributed by atoms with E-state index in [1.807, 2.05) is 0 Å². The Morgan fingerprint density at radius 2 is 2.12 bits per heavy atom.